The number of hydrogen-bond donors (Lipinski definition) is 2. The highest BCUT2D eigenvalue weighted by Crippen LogP contribution is 2.50. The molecule has 1 aromatic heterocycles. The first-order chi connectivity index (χ1) is 9.47. The van der Waals surface area contributed by atoms with E-state index in [4.69, 9.17) is 5.11 Å². The molecule has 2 N–H and O–H groups in total. The second-order valence-electron chi connectivity index (χ2n) is 6.80. The van der Waals surface area contributed by atoms with Gasteiger partial charge in [0.2, 0.25) is 0 Å². The van der Waals surface area contributed by atoms with Gasteiger partial charge in [0.05, 0.1) is 18.8 Å². The van der Waals surface area contributed by atoms with Crippen LogP contribution in [0.25, 0.3) is 0 Å². The van der Waals surface area contributed by atoms with Gasteiger partial charge in [-0.25, -0.2) is 0 Å². The summed E-state index contributed by atoms with van der Waals surface area (Å²) in [6.07, 6.45) is 4.08. The van der Waals surface area contributed by atoms with E-state index in [1.54, 1.807) is 0 Å². The number of hydrogen-bond acceptors (Lipinski definition) is 3. The van der Waals surface area contributed by atoms with Crippen molar-refractivity contribution >= 4 is 0 Å². The van der Waals surface area contributed by atoms with E-state index in [0.717, 1.165) is 24.7 Å². The zero-order chi connectivity index (χ0) is 14.8. The molecule has 1 aliphatic carbocycles. The fraction of sp³-hybridized carbons (Fsp3) is 0.812. The molecule has 0 aliphatic heterocycles. The van der Waals surface area contributed by atoms with E-state index >= 15 is 0 Å². The number of rotatable bonds is 8. The summed E-state index contributed by atoms with van der Waals surface area (Å²) in [7, 11) is 0. The van der Waals surface area contributed by atoms with E-state index in [1.807, 2.05) is 4.68 Å². The molecule has 4 nitrogen and oxygen atoms in total. The number of aliphatic hydroxyl groups is 1. The van der Waals surface area contributed by atoms with Crippen LogP contribution in [0.5, 0.6) is 0 Å². The predicted octanol–water partition coefficient (Wildman–Crippen LogP) is 2.41. The predicted molar refractivity (Wildman–Crippen MR) is 81.6 cm³/mol. The zero-order valence-corrected chi connectivity index (χ0v) is 13.4. The van der Waals surface area contributed by atoms with Crippen molar-refractivity contribution < 1.29 is 5.11 Å². The lowest BCUT2D eigenvalue weighted by molar-refractivity contribution is 0.267. The average molecular weight is 279 g/mol. The number of nitrogens with zero attached hydrogens (tertiary/aromatic N) is 2. The second kappa shape index (κ2) is 6.27. The highest BCUT2D eigenvalue weighted by atomic mass is 16.3. The van der Waals surface area contributed by atoms with Crippen LogP contribution >= 0.6 is 0 Å². The summed E-state index contributed by atoms with van der Waals surface area (Å²) in [6, 6.07) is 0. The Morgan fingerprint density at radius 2 is 2.05 bits per heavy atom. The molecule has 0 bridgehead atoms. The molecule has 1 aromatic rings. The van der Waals surface area contributed by atoms with Crippen LogP contribution in [-0.2, 0) is 13.1 Å². The molecule has 0 radical (unpaired) electrons. The number of aryl methyl sites for hydroxylation is 1. The molecule has 20 heavy (non-hydrogen) atoms. The zero-order valence-electron chi connectivity index (χ0n) is 13.4. The third kappa shape index (κ3) is 3.61. The first-order valence-electron chi connectivity index (χ1n) is 7.82. The SMILES string of the molecule is Cc1nn(CCO)c(C)c1CNCC1(CC(C)C)CC1. The van der Waals surface area contributed by atoms with Crippen LogP contribution in [0.4, 0.5) is 0 Å². The summed E-state index contributed by atoms with van der Waals surface area (Å²) in [5.41, 5.74) is 4.12. The first kappa shape index (κ1) is 15.5. The Morgan fingerprint density at radius 1 is 1.35 bits per heavy atom. The van der Waals surface area contributed by atoms with Crippen LogP contribution in [0, 0.1) is 25.2 Å². The topological polar surface area (TPSA) is 50.1 Å². The van der Waals surface area contributed by atoms with Gasteiger partial charge in [-0.05, 0) is 44.4 Å². The molecule has 0 atom stereocenters. The molecule has 114 valence electrons. The Bertz CT molecular complexity index is 447. The Balaban J connectivity index is 1.88. The van der Waals surface area contributed by atoms with Crippen LogP contribution in [0.15, 0.2) is 0 Å². The standard InChI is InChI=1S/C16H29N3O/c1-12(2)9-16(5-6-16)11-17-10-15-13(3)18-19(7-8-20)14(15)4/h12,17,20H,5-11H2,1-4H3. The Labute approximate surface area is 122 Å². The minimum Gasteiger partial charge on any atom is -0.394 e. The maximum Gasteiger partial charge on any atom is 0.0644 e. The van der Waals surface area contributed by atoms with Crippen molar-refractivity contribution in [2.24, 2.45) is 11.3 Å². The molecular formula is C16H29N3O. The quantitative estimate of drug-likeness (QED) is 0.768. The summed E-state index contributed by atoms with van der Waals surface area (Å²) in [4.78, 5) is 0. The van der Waals surface area contributed by atoms with Crippen molar-refractivity contribution in [1.29, 1.82) is 0 Å². The van der Waals surface area contributed by atoms with E-state index in [0.29, 0.717) is 12.0 Å². The molecule has 0 amide bonds. The van der Waals surface area contributed by atoms with E-state index in [1.165, 1.54) is 30.5 Å². The molecule has 1 heterocycles. The van der Waals surface area contributed by atoms with Gasteiger partial charge in [-0.3, -0.25) is 4.68 Å². The summed E-state index contributed by atoms with van der Waals surface area (Å²) in [6.45, 7) is 11.5. The van der Waals surface area contributed by atoms with Crippen LogP contribution in [-0.4, -0.2) is 28.0 Å². The third-order valence-corrected chi connectivity index (χ3v) is 4.44. The van der Waals surface area contributed by atoms with E-state index in [9.17, 15) is 0 Å². The van der Waals surface area contributed by atoms with Crippen LogP contribution < -0.4 is 5.32 Å². The first-order valence-corrected chi connectivity index (χ1v) is 7.82. The maximum atomic E-state index is 9.04. The monoisotopic (exact) mass is 279 g/mol. The third-order valence-electron chi connectivity index (χ3n) is 4.44. The van der Waals surface area contributed by atoms with Crippen LogP contribution in [0.3, 0.4) is 0 Å². The smallest absolute Gasteiger partial charge is 0.0644 e. The van der Waals surface area contributed by atoms with Crippen molar-refractivity contribution in [2.75, 3.05) is 13.2 Å². The van der Waals surface area contributed by atoms with Crippen LogP contribution in [0.1, 0.15) is 50.1 Å². The van der Waals surface area contributed by atoms with Gasteiger partial charge in [-0.15, -0.1) is 0 Å². The van der Waals surface area contributed by atoms with Crippen LogP contribution in [0.2, 0.25) is 0 Å². The van der Waals surface area contributed by atoms with Crippen molar-refractivity contribution in [1.82, 2.24) is 15.1 Å². The fourth-order valence-corrected chi connectivity index (χ4v) is 3.25. The second-order valence-corrected chi connectivity index (χ2v) is 6.80. The highest BCUT2D eigenvalue weighted by molar-refractivity contribution is 5.24. The molecule has 0 spiro atoms. The van der Waals surface area contributed by atoms with Gasteiger partial charge < -0.3 is 10.4 Å². The van der Waals surface area contributed by atoms with E-state index < -0.39 is 0 Å². The molecule has 1 fully saturated rings. The fourth-order valence-electron chi connectivity index (χ4n) is 3.25. The number of aromatic nitrogens is 2. The molecule has 1 saturated carbocycles. The van der Waals surface area contributed by atoms with Gasteiger partial charge in [0.15, 0.2) is 0 Å². The highest BCUT2D eigenvalue weighted by Gasteiger charge is 2.42. The van der Waals surface area contributed by atoms with E-state index in [2.05, 4.69) is 38.1 Å². The lowest BCUT2D eigenvalue weighted by Crippen LogP contribution is -2.25. The van der Waals surface area contributed by atoms with Gasteiger partial charge in [0.1, 0.15) is 0 Å². The molecule has 4 heteroatoms. The van der Waals surface area contributed by atoms with Crippen molar-refractivity contribution in [2.45, 2.75) is 60.0 Å². The molecule has 0 saturated heterocycles. The summed E-state index contributed by atoms with van der Waals surface area (Å²) in [5.74, 6) is 0.787. The largest absolute Gasteiger partial charge is 0.394 e. The van der Waals surface area contributed by atoms with Gasteiger partial charge in [-0.1, -0.05) is 13.8 Å². The maximum absolute atomic E-state index is 9.04. The lowest BCUT2D eigenvalue weighted by atomic mass is 9.94. The number of aliphatic hydroxyl groups excluding tert-OH is 1. The average Bonchev–Trinajstić information content (AvgIpc) is 3.06. The van der Waals surface area contributed by atoms with Gasteiger partial charge in [-0.2, -0.15) is 5.10 Å². The Kier molecular flexibility index (Phi) is 4.86. The van der Waals surface area contributed by atoms with Gasteiger partial charge in [0, 0.05) is 24.3 Å². The normalized spacial score (nSPS) is 16.9. The Hall–Kier alpha value is -0.870. The molecule has 0 aromatic carbocycles. The summed E-state index contributed by atoms with van der Waals surface area (Å²) < 4.78 is 1.91. The minimum absolute atomic E-state index is 0.145. The van der Waals surface area contributed by atoms with Gasteiger partial charge >= 0.3 is 0 Å². The molecule has 1 aliphatic rings. The lowest BCUT2D eigenvalue weighted by Gasteiger charge is -2.18. The summed E-state index contributed by atoms with van der Waals surface area (Å²) >= 11 is 0. The molecular weight excluding hydrogens is 250 g/mol. The van der Waals surface area contributed by atoms with Crippen molar-refractivity contribution in [3.63, 3.8) is 0 Å². The van der Waals surface area contributed by atoms with E-state index in [-0.39, 0.29) is 6.61 Å². The molecule has 0 unspecified atom stereocenters. The summed E-state index contributed by atoms with van der Waals surface area (Å²) in [5, 5.41) is 17.2. The minimum atomic E-state index is 0.145. The molecule has 2 rings (SSSR count). The number of nitrogens with one attached hydrogen (secondary N) is 1. The Morgan fingerprint density at radius 3 is 2.60 bits per heavy atom. The van der Waals surface area contributed by atoms with Crippen molar-refractivity contribution in [3.05, 3.63) is 17.0 Å². The van der Waals surface area contributed by atoms with Gasteiger partial charge in [0.25, 0.3) is 0 Å². The van der Waals surface area contributed by atoms with Crippen molar-refractivity contribution in [3.8, 4) is 0 Å².